The summed E-state index contributed by atoms with van der Waals surface area (Å²) >= 11 is 0. The van der Waals surface area contributed by atoms with Crippen LogP contribution in [0.25, 0.3) is 6.08 Å². The van der Waals surface area contributed by atoms with Gasteiger partial charge >= 0.3 is 5.97 Å². The number of methoxy groups -OCH3 is 1. The maximum atomic E-state index is 13.5. The SMILES string of the molecule is COc1ccc(/C=C/C(=O)OCC(=O)N[C@@H](C)C2CC2)cc1F. The molecule has 0 heterocycles. The minimum atomic E-state index is -0.657. The van der Waals surface area contributed by atoms with Gasteiger partial charge in [-0.25, -0.2) is 9.18 Å². The number of carbonyl (C=O) groups excluding carboxylic acids is 2. The summed E-state index contributed by atoms with van der Waals surface area (Å²) < 4.78 is 23.1. The van der Waals surface area contributed by atoms with Gasteiger partial charge in [-0.2, -0.15) is 0 Å². The van der Waals surface area contributed by atoms with Gasteiger partial charge in [0.05, 0.1) is 7.11 Å². The molecule has 1 saturated carbocycles. The lowest BCUT2D eigenvalue weighted by Gasteiger charge is -2.12. The number of carbonyl (C=O) groups is 2. The van der Waals surface area contributed by atoms with Crippen LogP contribution in [-0.4, -0.2) is 31.6 Å². The number of hydrogen-bond donors (Lipinski definition) is 1. The Labute approximate surface area is 134 Å². The molecule has 1 aliphatic carbocycles. The molecule has 1 N–H and O–H groups in total. The van der Waals surface area contributed by atoms with Crippen LogP contribution >= 0.6 is 0 Å². The quantitative estimate of drug-likeness (QED) is 0.618. The molecule has 1 aromatic rings. The molecule has 23 heavy (non-hydrogen) atoms. The van der Waals surface area contributed by atoms with Crippen LogP contribution in [-0.2, 0) is 14.3 Å². The van der Waals surface area contributed by atoms with E-state index in [-0.39, 0.29) is 24.3 Å². The fourth-order valence-electron chi connectivity index (χ4n) is 2.15. The molecule has 1 aliphatic rings. The van der Waals surface area contributed by atoms with E-state index in [9.17, 15) is 14.0 Å². The van der Waals surface area contributed by atoms with Crippen molar-refractivity contribution in [2.24, 2.45) is 5.92 Å². The molecular formula is C17H20FNO4. The van der Waals surface area contributed by atoms with Gasteiger partial charge in [0.25, 0.3) is 5.91 Å². The lowest BCUT2D eigenvalue weighted by molar-refractivity contribution is -0.144. The molecule has 124 valence electrons. The van der Waals surface area contributed by atoms with Crippen molar-refractivity contribution in [2.75, 3.05) is 13.7 Å². The van der Waals surface area contributed by atoms with Gasteiger partial charge < -0.3 is 14.8 Å². The highest BCUT2D eigenvalue weighted by Crippen LogP contribution is 2.32. The third kappa shape index (κ3) is 5.39. The van der Waals surface area contributed by atoms with Gasteiger partial charge in [0.2, 0.25) is 0 Å². The van der Waals surface area contributed by atoms with Crippen molar-refractivity contribution in [3.8, 4) is 5.75 Å². The topological polar surface area (TPSA) is 64.6 Å². The van der Waals surface area contributed by atoms with E-state index in [0.717, 1.165) is 18.9 Å². The number of rotatable bonds is 7. The van der Waals surface area contributed by atoms with E-state index in [1.807, 2.05) is 6.92 Å². The molecule has 0 saturated heterocycles. The third-order valence-electron chi connectivity index (χ3n) is 3.65. The fourth-order valence-corrected chi connectivity index (χ4v) is 2.15. The largest absolute Gasteiger partial charge is 0.494 e. The second-order valence-corrected chi connectivity index (χ2v) is 5.53. The maximum absolute atomic E-state index is 13.5. The zero-order valence-electron chi connectivity index (χ0n) is 13.2. The molecule has 0 bridgehead atoms. The lowest BCUT2D eigenvalue weighted by Crippen LogP contribution is -2.36. The van der Waals surface area contributed by atoms with Gasteiger partial charge in [-0.1, -0.05) is 6.07 Å². The molecule has 2 rings (SSSR count). The van der Waals surface area contributed by atoms with Gasteiger partial charge in [-0.05, 0) is 49.5 Å². The number of nitrogens with one attached hydrogen (secondary N) is 1. The molecule has 0 spiro atoms. The van der Waals surface area contributed by atoms with E-state index in [0.29, 0.717) is 11.5 Å². The Morgan fingerprint density at radius 2 is 2.17 bits per heavy atom. The van der Waals surface area contributed by atoms with Crippen molar-refractivity contribution in [3.63, 3.8) is 0 Å². The number of benzene rings is 1. The summed E-state index contributed by atoms with van der Waals surface area (Å²) in [5.41, 5.74) is 0.493. The number of hydrogen-bond acceptors (Lipinski definition) is 4. The van der Waals surface area contributed by atoms with Crippen LogP contribution in [0.5, 0.6) is 5.75 Å². The minimum absolute atomic E-state index is 0.110. The van der Waals surface area contributed by atoms with Crippen LogP contribution in [0.1, 0.15) is 25.3 Å². The Kier molecular flexibility index (Phi) is 5.73. The summed E-state index contributed by atoms with van der Waals surface area (Å²) in [5.74, 6) is -0.820. The predicted octanol–water partition coefficient (Wildman–Crippen LogP) is 2.31. The van der Waals surface area contributed by atoms with Gasteiger partial charge in [-0.3, -0.25) is 4.79 Å². The molecule has 0 aromatic heterocycles. The second-order valence-electron chi connectivity index (χ2n) is 5.53. The van der Waals surface area contributed by atoms with Crippen molar-refractivity contribution < 1.29 is 23.5 Å². The molecular weight excluding hydrogens is 301 g/mol. The van der Waals surface area contributed by atoms with E-state index >= 15 is 0 Å². The van der Waals surface area contributed by atoms with Crippen LogP contribution < -0.4 is 10.1 Å². The van der Waals surface area contributed by atoms with E-state index in [1.54, 1.807) is 6.07 Å². The molecule has 1 atom stereocenters. The molecule has 1 fully saturated rings. The van der Waals surface area contributed by atoms with Crippen LogP contribution in [0, 0.1) is 11.7 Å². The molecule has 0 unspecified atom stereocenters. The van der Waals surface area contributed by atoms with Crippen LogP contribution in [0.15, 0.2) is 24.3 Å². The average Bonchev–Trinajstić information content (AvgIpc) is 3.36. The maximum Gasteiger partial charge on any atom is 0.331 e. The summed E-state index contributed by atoms with van der Waals surface area (Å²) in [5, 5.41) is 2.79. The van der Waals surface area contributed by atoms with Gasteiger partial charge in [0.15, 0.2) is 18.2 Å². The second kappa shape index (κ2) is 7.76. The van der Waals surface area contributed by atoms with Crippen LogP contribution in [0.3, 0.4) is 0 Å². The zero-order valence-corrected chi connectivity index (χ0v) is 13.2. The first-order chi connectivity index (χ1) is 11.0. The number of ether oxygens (including phenoxy) is 2. The fraction of sp³-hybridized carbons (Fsp3) is 0.412. The highest BCUT2D eigenvalue weighted by molar-refractivity contribution is 5.89. The number of amides is 1. The molecule has 1 aromatic carbocycles. The average molecular weight is 321 g/mol. The van der Waals surface area contributed by atoms with E-state index < -0.39 is 11.8 Å². The van der Waals surface area contributed by atoms with E-state index in [2.05, 4.69) is 5.32 Å². The Bertz CT molecular complexity index is 611. The van der Waals surface area contributed by atoms with Crippen molar-refractivity contribution in [1.82, 2.24) is 5.32 Å². The van der Waals surface area contributed by atoms with E-state index in [1.165, 1.54) is 25.3 Å². The number of esters is 1. The lowest BCUT2D eigenvalue weighted by atomic mass is 10.2. The summed E-state index contributed by atoms with van der Waals surface area (Å²) in [6.45, 7) is 1.62. The number of halogens is 1. The third-order valence-corrected chi connectivity index (χ3v) is 3.65. The minimum Gasteiger partial charge on any atom is -0.494 e. The van der Waals surface area contributed by atoms with Crippen molar-refractivity contribution in [3.05, 3.63) is 35.7 Å². The zero-order chi connectivity index (χ0) is 16.8. The van der Waals surface area contributed by atoms with Gasteiger partial charge in [0.1, 0.15) is 0 Å². The summed E-state index contributed by atoms with van der Waals surface area (Å²) in [7, 11) is 1.38. The highest BCUT2D eigenvalue weighted by atomic mass is 19.1. The summed E-state index contributed by atoms with van der Waals surface area (Å²) in [6.07, 6.45) is 4.82. The normalized spacial score (nSPS) is 15.3. The first-order valence-electron chi connectivity index (χ1n) is 7.47. The Morgan fingerprint density at radius 3 is 2.78 bits per heavy atom. The molecule has 0 radical (unpaired) electrons. The Morgan fingerprint density at radius 1 is 1.43 bits per heavy atom. The van der Waals surface area contributed by atoms with Crippen molar-refractivity contribution in [1.29, 1.82) is 0 Å². The van der Waals surface area contributed by atoms with Crippen LogP contribution in [0.4, 0.5) is 4.39 Å². The first kappa shape index (κ1) is 17.0. The van der Waals surface area contributed by atoms with Gasteiger partial charge in [0, 0.05) is 12.1 Å². The van der Waals surface area contributed by atoms with E-state index in [4.69, 9.17) is 9.47 Å². The standard InChI is InChI=1S/C17H20FNO4/c1-11(13-5-6-13)19-16(20)10-23-17(21)8-4-12-3-7-15(22-2)14(18)9-12/h3-4,7-9,11,13H,5-6,10H2,1-2H3,(H,19,20)/b8-4+/t11-/m0/s1. The predicted molar refractivity (Wildman–Crippen MR) is 83.3 cm³/mol. The van der Waals surface area contributed by atoms with Crippen molar-refractivity contribution >= 4 is 18.0 Å². The Balaban J connectivity index is 1.77. The smallest absolute Gasteiger partial charge is 0.331 e. The molecule has 5 nitrogen and oxygen atoms in total. The summed E-state index contributed by atoms with van der Waals surface area (Å²) in [6, 6.07) is 4.43. The van der Waals surface area contributed by atoms with Gasteiger partial charge in [-0.15, -0.1) is 0 Å². The Hall–Kier alpha value is -2.37. The molecule has 0 aliphatic heterocycles. The van der Waals surface area contributed by atoms with Crippen molar-refractivity contribution in [2.45, 2.75) is 25.8 Å². The molecule has 6 heteroatoms. The highest BCUT2D eigenvalue weighted by Gasteiger charge is 2.28. The van der Waals surface area contributed by atoms with Crippen LogP contribution in [0.2, 0.25) is 0 Å². The molecule has 1 amide bonds. The summed E-state index contributed by atoms with van der Waals surface area (Å²) in [4.78, 5) is 23.2. The monoisotopic (exact) mass is 321 g/mol. The first-order valence-corrected chi connectivity index (χ1v) is 7.47.